The van der Waals surface area contributed by atoms with Crippen LogP contribution in [-0.2, 0) is 0 Å². The molecule has 6 aromatic heterocycles. The van der Waals surface area contributed by atoms with E-state index in [0.29, 0.717) is 39.0 Å². The van der Waals surface area contributed by atoms with Crippen LogP contribution in [0.25, 0.3) is 39.0 Å². The molecule has 0 aliphatic heterocycles. The molecule has 13 nitrogen and oxygen atoms in total. The van der Waals surface area contributed by atoms with Gasteiger partial charge in [0.25, 0.3) is 0 Å². The minimum atomic E-state index is -1.00. The van der Waals surface area contributed by atoms with Gasteiger partial charge in [-0.15, -0.1) is 68.0 Å². The van der Waals surface area contributed by atoms with E-state index >= 15 is 0 Å². The molecule has 0 aliphatic rings. The molecule has 0 aromatic carbocycles. The van der Waals surface area contributed by atoms with Crippen LogP contribution in [0.5, 0.6) is 0 Å². The molecule has 0 fully saturated rings. The van der Waals surface area contributed by atoms with Crippen molar-refractivity contribution in [2.45, 2.75) is 0 Å². The molecule has 0 spiro atoms. The Labute approximate surface area is 323 Å². The standard InChI is InChI=1S/C12H4Br2N2O4S3.C12H6N2O4S3.CH3F.BHNS/c13-7-3-1-5(21-7)11-9(15(17)18)10(16(19)20)12(23-11)6-2-4-8(14)22-6;15-13(16)9-10(14(17)18)12(8-4-2-6-20-8)21-11(9)7-3-1-5-19-7;1-2;1-2-3/h1-4H;1-6H;1H3;3H/i;;1D;. The van der Waals surface area contributed by atoms with Crippen LogP contribution in [0, 0.1) is 40.5 Å². The zero-order valence-corrected chi connectivity index (χ0v) is 32.6. The predicted molar refractivity (Wildman–Crippen MR) is 208 cm³/mol. The molecule has 6 rings (SSSR count). The molecular weight excluding hydrogens is 912 g/mol. The van der Waals surface area contributed by atoms with Gasteiger partial charge in [0, 0.05) is 0 Å². The van der Waals surface area contributed by atoms with Crippen molar-refractivity contribution in [3.05, 3.63) is 107 Å². The first-order valence-electron chi connectivity index (χ1n) is 12.9. The molecule has 1 radical (unpaired) electrons. The van der Waals surface area contributed by atoms with Gasteiger partial charge < -0.3 is 0 Å². The molecule has 0 atom stereocenters. The summed E-state index contributed by atoms with van der Waals surface area (Å²) in [7, 11) is 3.34. The Hall–Kier alpha value is -3.10. The van der Waals surface area contributed by atoms with E-state index in [1.165, 1.54) is 45.3 Å². The first-order valence-corrected chi connectivity index (χ1v) is 19.2. The summed E-state index contributed by atoms with van der Waals surface area (Å²) in [4.78, 5) is 46.8. The minimum absolute atomic E-state index is 0.303. The van der Waals surface area contributed by atoms with Gasteiger partial charge in [0.2, 0.25) is 0 Å². The fraction of sp³-hybridized carbons (Fsp3) is 0.0400. The third-order valence-corrected chi connectivity index (χ3v) is 13.6. The van der Waals surface area contributed by atoms with Crippen LogP contribution < -0.4 is 0 Å². The van der Waals surface area contributed by atoms with E-state index in [2.05, 4.69) is 56.6 Å². The fourth-order valence-electron chi connectivity index (χ4n) is 3.86. The number of rotatable bonds is 8. The maximum atomic E-state index is 11.5. The van der Waals surface area contributed by atoms with Crippen molar-refractivity contribution in [2.75, 3.05) is 7.15 Å². The Morgan fingerprint density at radius 1 is 0.653 bits per heavy atom. The molecule has 0 N–H and O–H groups in total. The molecular formula is C25H14BBr2FN5O8S7. The van der Waals surface area contributed by atoms with Gasteiger partial charge in [-0.3, -0.25) is 44.8 Å². The first kappa shape index (κ1) is 38.7. The fourth-order valence-corrected chi connectivity index (χ4v) is 11.0. The van der Waals surface area contributed by atoms with Crippen LogP contribution in [0.3, 0.4) is 0 Å². The molecule has 24 heteroatoms. The summed E-state index contributed by atoms with van der Waals surface area (Å²) in [5.74, 6) is 0. The molecule has 49 heavy (non-hydrogen) atoms. The third-order valence-electron chi connectivity index (χ3n) is 5.53. The van der Waals surface area contributed by atoms with Crippen molar-refractivity contribution in [3.63, 3.8) is 0 Å². The number of halogens is 3. The average Bonchev–Trinajstić information content (AvgIpc) is 3.89. The van der Waals surface area contributed by atoms with Crippen LogP contribution in [0.1, 0.15) is 1.37 Å². The maximum absolute atomic E-state index is 11.5. The number of nitro groups is 4. The average molecular weight is 928 g/mol. The molecule has 0 amide bonds. The van der Waals surface area contributed by atoms with Crippen molar-refractivity contribution >= 4 is 143 Å². The predicted octanol–water partition coefficient (Wildman–Crippen LogP) is 12.3. The van der Waals surface area contributed by atoms with Crippen LogP contribution in [0.2, 0.25) is 0 Å². The number of thiophene rings is 6. The Kier molecular flexibility index (Phi) is 14.8. The van der Waals surface area contributed by atoms with Crippen molar-refractivity contribution < 1.29 is 25.5 Å². The molecule has 0 unspecified atom stereocenters. The molecule has 0 bridgehead atoms. The van der Waals surface area contributed by atoms with Crippen LogP contribution in [0.15, 0.2) is 71.2 Å². The van der Waals surface area contributed by atoms with Gasteiger partial charge in [0.05, 0.1) is 55.3 Å². The van der Waals surface area contributed by atoms with Gasteiger partial charge in [0.15, 0.2) is 0 Å². The van der Waals surface area contributed by atoms with Gasteiger partial charge in [-0.05, 0) is 79.0 Å². The Morgan fingerprint density at radius 3 is 1.14 bits per heavy atom. The molecule has 0 aliphatic carbocycles. The summed E-state index contributed by atoms with van der Waals surface area (Å²) >= 11 is 17.2. The normalized spacial score (nSPS) is 10.3. The van der Waals surface area contributed by atoms with E-state index in [9.17, 15) is 44.8 Å². The SMILES string of the molecule is O=[N+]([O-])c1c(-c2ccc(Br)s2)sc(-c2ccc(Br)s2)c1[N+](=O)[O-].O=[N+]([O-])c1c(-c2cccs2)sc(-c2cccs2)c1[N+](=O)[O-].[2H]CF.[B]=NS. The van der Waals surface area contributed by atoms with Crippen LogP contribution >= 0.6 is 113 Å². The van der Waals surface area contributed by atoms with Crippen molar-refractivity contribution in [3.8, 4) is 39.0 Å². The van der Waals surface area contributed by atoms with Gasteiger partial charge in [-0.1, -0.05) is 12.1 Å². The van der Waals surface area contributed by atoms with Gasteiger partial charge in [0.1, 0.15) is 19.5 Å². The van der Waals surface area contributed by atoms with E-state index < -0.39 is 49.6 Å². The summed E-state index contributed by atoms with van der Waals surface area (Å²) in [6, 6.07) is 13.9. The van der Waals surface area contributed by atoms with Crippen LogP contribution in [-0.4, -0.2) is 34.5 Å². The Morgan fingerprint density at radius 2 is 0.939 bits per heavy atom. The Bertz CT molecular complexity index is 1980. The van der Waals surface area contributed by atoms with E-state index in [4.69, 9.17) is 1.37 Å². The zero-order valence-electron chi connectivity index (χ0n) is 24.6. The Balaban J connectivity index is 0.000000235. The number of hydrogen-bond acceptors (Lipinski definition) is 16. The summed E-state index contributed by atoms with van der Waals surface area (Å²) in [6.07, 6.45) is 0. The second-order valence-corrected chi connectivity index (χ2v) is 17.3. The number of nitrogens with zero attached hydrogens (tertiary/aromatic N) is 5. The van der Waals surface area contributed by atoms with Gasteiger partial charge in [-0.25, -0.2) is 0 Å². The first-order chi connectivity index (χ1) is 23.8. The van der Waals surface area contributed by atoms with Crippen molar-refractivity contribution in [1.82, 2.24) is 0 Å². The topological polar surface area (TPSA) is 185 Å². The quantitative estimate of drug-likeness (QED) is 0.0676. The molecule has 6 heterocycles. The zero-order chi connectivity index (χ0) is 37.1. The number of alkyl halides is 1. The molecule has 6 aromatic rings. The summed E-state index contributed by atoms with van der Waals surface area (Å²) < 4.78 is 19.8. The second kappa shape index (κ2) is 18.8. The summed E-state index contributed by atoms with van der Waals surface area (Å²) in [6.45, 7) is 0. The van der Waals surface area contributed by atoms with Gasteiger partial charge >= 0.3 is 47.5 Å². The van der Waals surface area contributed by atoms with Crippen molar-refractivity contribution in [1.29, 1.82) is 0 Å². The van der Waals surface area contributed by atoms with Crippen molar-refractivity contribution in [2.24, 2.45) is 4.30 Å². The van der Waals surface area contributed by atoms with E-state index in [-0.39, 0.29) is 0 Å². The molecule has 253 valence electrons. The van der Waals surface area contributed by atoms with E-state index in [1.54, 1.807) is 59.3 Å². The second-order valence-electron chi connectivity index (χ2n) is 8.22. The molecule has 0 saturated heterocycles. The third kappa shape index (κ3) is 9.58. The number of thiol groups is 1. The van der Waals surface area contributed by atoms with Gasteiger partial charge in [-0.2, -0.15) is 0 Å². The van der Waals surface area contributed by atoms with Crippen LogP contribution in [0.4, 0.5) is 27.1 Å². The number of hydrogen-bond donors (Lipinski definition) is 1. The monoisotopic (exact) mass is 925 g/mol. The summed E-state index contributed by atoms with van der Waals surface area (Å²) in [5.41, 5.74) is -1.74. The van der Waals surface area contributed by atoms with E-state index in [1.807, 2.05) is 0 Å². The molecule has 0 saturated carbocycles. The summed E-state index contributed by atoms with van der Waals surface area (Å²) in [5, 5.41) is 49.2. The van der Waals surface area contributed by atoms with E-state index in [0.717, 1.165) is 30.2 Å².